The second-order valence-corrected chi connectivity index (χ2v) is 5.85. The molecule has 128 valence electrons. The minimum atomic E-state index is -1.02. The number of anilines is 1. The Balaban J connectivity index is 2.09. The summed E-state index contributed by atoms with van der Waals surface area (Å²) < 4.78 is 10.1. The van der Waals surface area contributed by atoms with Gasteiger partial charge in [-0.25, -0.2) is 14.8 Å². The van der Waals surface area contributed by atoms with Crippen LogP contribution in [0.25, 0.3) is 0 Å². The first-order valence-corrected chi connectivity index (χ1v) is 8.56. The number of aromatic nitrogens is 3. The van der Waals surface area contributed by atoms with Crippen LogP contribution in [0, 0.1) is 6.92 Å². The number of aryl methyl sites for hydroxylation is 1. The second kappa shape index (κ2) is 8.11. The van der Waals surface area contributed by atoms with E-state index >= 15 is 0 Å². The highest BCUT2D eigenvalue weighted by Gasteiger charge is 2.25. The Kier molecular flexibility index (Phi) is 6.16. The van der Waals surface area contributed by atoms with Gasteiger partial charge in [0.15, 0.2) is 22.8 Å². The molecule has 1 atom stereocenters. The number of esters is 1. The molecular formula is C14H15ClN4O4S. The Hall–Kier alpha value is -2.13. The van der Waals surface area contributed by atoms with Crippen molar-refractivity contribution in [3.05, 3.63) is 28.7 Å². The van der Waals surface area contributed by atoms with Crippen LogP contribution < -0.4 is 5.32 Å². The summed E-state index contributed by atoms with van der Waals surface area (Å²) in [6, 6.07) is 1.55. The normalized spacial score (nSPS) is 11.8. The van der Waals surface area contributed by atoms with E-state index in [-0.39, 0.29) is 23.0 Å². The van der Waals surface area contributed by atoms with Crippen molar-refractivity contribution in [1.82, 2.24) is 15.1 Å². The lowest BCUT2D eigenvalue weighted by Gasteiger charge is -2.15. The van der Waals surface area contributed by atoms with Crippen molar-refractivity contribution in [3.63, 3.8) is 0 Å². The van der Waals surface area contributed by atoms with Gasteiger partial charge >= 0.3 is 5.97 Å². The number of nitrogens with one attached hydrogen (secondary N) is 1. The number of halogens is 1. The molecule has 1 N–H and O–H groups in total. The summed E-state index contributed by atoms with van der Waals surface area (Å²) in [5.41, 5.74) is -0.0838. The molecule has 0 aliphatic carbocycles. The smallest absolute Gasteiger partial charge is 0.359 e. The first-order valence-electron chi connectivity index (χ1n) is 6.96. The fourth-order valence-electron chi connectivity index (χ4n) is 1.73. The van der Waals surface area contributed by atoms with Gasteiger partial charge < -0.3 is 14.6 Å². The molecule has 0 bridgehead atoms. The third kappa shape index (κ3) is 4.45. The monoisotopic (exact) mass is 370 g/mol. The van der Waals surface area contributed by atoms with Crippen LogP contribution in [0.5, 0.6) is 0 Å². The van der Waals surface area contributed by atoms with E-state index in [1.54, 1.807) is 26.2 Å². The van der Waals surface area contributed by atoms with E-state index in [0.717, 1.165) is 0 Å². The van der Waals surface area contributed by atoms with Crippen molar-refractivity contribution in [2.75, 3.05) is 11.6 Å². The quantitative estimate of drug-likeness (QED) is 0.470. The number of rotatable bonds is 6. The van der Waals surface area contributed by atoms with E-state index in [9.17, 15) is 9.59 Å². The zero-order valence-corrected chi connectivity index (χ0v) is 14.8. The maximum absolute atomic E-state index is 12.2. The first-order chi connectivity index (χ1) is 11.4. The third-order valence-electron chi connectivity index (χ3n) is 2.89. The first kappa shape index (κ1) is 18.2. The molecule has 1 unspecified atom stereocenters. The predicted octanol–water partition coefficient (Wildman–Crippen LogP) is 2.72. The Bertz CT molecular complexity index is 752. The van der Waals surface area contributed by atoms with Crippen LogP contribution in [0.15, 0.2) is 21.9 Å². The Labute approximate surface area is 147 Å². The number of hydrogen-bond acceptors (Lipinski definition) is 8. The largest absolute Gasteiger partial charge is 0.447 e. The number of hydrogen-bond donors (Lipinski definition) is 1. The molecule has 2 aromatic rings. The lowest BCUT2D eigenvalue weighted by molar-refractivity contribution is -0.124. The van der Waals surface area contributed by atoms with Gasteiger partial charge in [0.25, 0.3) is 5.91 Å². The molecule has 1 amide bonds. The lowest BCUT2D eigenvalue weighted by atomic mass is 10.2. The second-order valence-electron chi connectivity index (χ2n) is 4.67. The van der Waals surface area contributed by atoms with Crippen LogP contribution in [0.3, 0.4) is 0 Å². The van der Waals surface area contributed by atoms with Crippen molar-refractivity contribution in [2.45, 2.75) is 31.5 Å². The number of thioether (sulfide) groups is 1. The summed E-state index contributed by atoms with van der Waals surface area (Å²) in [5.74, 6) is -0.519. The van der Waals surface area contributed by atoms with E-state index in [1.165, 1.54) is 18.0 Å². The van der Waals surface area contributed by atoms with Crippen molar-refractivity contribution >= 4 is 41.1 Å². The van der Waals surface area contributed by atoms with Gasteiger partial charge in [-0.3, -0.25) is 4.79 Å². The zero-order chi connectivity index (χ0) is 17.7. The molecule has 0 aliphatic heterocycles. The molecule has 2 aromatic heterocycles. The maximum atomic E-state index is 12.2. The zero-order valence-electron chi connectivity index (χ0n) is 13.2. The number of nitrogens with zero attached hydrogens (tertiary/aromatic N) is 3. The predicted molar refractivity (Wildman–Crippen MR) is 88.2 cm³/mol. The van der Waals surface area contributed by atoms with Gasteiger partial charge in [-0.15, -0.1) is 0 Å². The molecule has 2 heterocycles. The van der Waals surface area contributed by atoms with Gasteiger partial charge in [-0.2, -0.15) is 0 Å². The summed E-state index contributed by atoms with van der Waals surface area (Å²) in [6.07, 6.45) is 2.33. The topological polar surface area (TPSA) is 107 Å². The Morgan fingerprint density at radius 3 is 2.83 bits per heavy atom. The average Bonchev–Trinajstić information content (AvgIpc) is 2.97. The average molecular weight is 371 g/mol. The number of carbonyl (C=O) groups excluding carboxylic acids is 2. The molecule has 0 aliphatic rings. The summed E-state index contributed by atoms with van der Waals surface area (Å²) >= 11 is 7.19. The summed E-state index contributed by atoms with van der Waals surface area (Å²) in [6.45, 7) is 3.40. The van der Waals surface area contributed by atoms with Crippen LogP contribution in [0.2, 0.25) is 5.02 Å². The minimum absolute atomic E-state index is 0.0557. The van der Waals surface area contributed by atoms with Crippen LogP contribution in [-0.2, 0) is 9.53 Å². The maximum Gasteiger partial charge on any atom is 0.359 e. The van der Waals surface area contributed by atoms with Gasteiger partial charge in [-0.1, -0.05) is 35.4 Å². The van der Waals surface area contributed by atoms with Crippen molar-refractivity contribution in [2.24, 2.45) is 0 Å². The van der Waals surface area contributed by atoms with Gasteiger partial charge in [0.2, 0.25) is 0 Å². The van der Waals surface area contributed by atoms with Crippen molar-refractivity contribution < 1.29 is 18.8 Å². The van der Waals surface area contributed by atoms with E-state index < -0.39 is 18.0 Å². The molecule has 24 heavy (non-hydrogen) atoms. The highest BCUT2D eigenvalue weighted by Crippen LogP contribution is 2.18. The number of carbonyl (C=O) groups is 2. The summed E-state index contributed by atoms with van der Waals surface area (Å²) in [4.78, 5) is 32.4. The fraction of sp³-hybridized carbons (Fsp3) is 0.357. The van der Waals surface area contributed by atoms with Crippen LogP contribution in [-0.4, -0.2) is 39.4 Å². The van der Waals surface area contributed by atoms with Crippen molar-refractivity contribution in [3.8, 4) is 0 Å². The molecule has 0 aromatic carbocycles. The molecule has 0 radical (unpaired) electrons. The molecule has 0 saturated heterocycles. The lowest BCUT2D eigenvalue weighted by Crippen LogP contribution is -2.32. The Morgan fingerprint density at radius 2 is 2.25 bits per heavy atom. The van der Waals surface area contributed by atoms with Crippen LogP contribution >= 0.6 is 23.4 Å². The highest BCUT2D eigenvalue weighted by atomic mass is 35.5. The van der Waals surface area contributed by atoms with Gasteiger partial charge in [0.05, 0.1) is 11.2 Å². The molecule has 8 nitrogen and oxygen atoms in total. The fourth-order valence-corrected chi connectivity index (χ4v) is 2.24. The van der Waals surface area contributed by atoms with Crippen LogP contribution in [0.4, 0.5) is 5.82 Å². The minimum Gasteiger partial charge on any atom is -0.447 e. The molecular weight excluding hydrogens is 356 g/mol. The Morgan fingerprint density at radius 1 is 1.50 bits per heavy atom. The van der Waals surface area contributed by atoms with Crippen molar-refractivity contribution in [1.29, 1.82) is 0 Å². The van der Waals surface area contributed by atoms with Crippen LogP contribution in [0.1, 0.15) is 29.6 Å². The van der Waals surface area contributed by atoms with E-state index in [2.05, 4.69) is 20.4 Å². The molecule has 0 fully saturated rings. The van der Waals surface area contributed by atoms with E-state index in [1.807, 2.05) is 0 Å². The highest BCUT2D eigenvalue weighted by molar-refractivity contribution is 7.98. The van der Waals surface area contributed by atoms with E-state index in [4.69, 9.17) is 20.9 Å². The van der Waals surface area contributed by atoms with E-state index in [0.29, 0.717) is 10.9 Å². The summed E-state index contributed by atoms with van der Waals surface area (Å²) in [5, 5.41) is 6.60. The van der Waals surface area contributed by atoms with Gasteiger partial charge in [0.1, 0.15) is 5.76 Å². The SMILES string of the molecule is CCC(OC(=O)c1nc(SC)ncc1Cl)C(=O)Nc1cc(C)on1. The standard InChI is InChI=1S/C14H15ClN4O4S/c1-4-9(12(20)17-10-5-7(2)23-19-10)22-13(21)11-8(15)6-16-14(18-11)24-3/h5-6,9H,4H2,1-3H3,(H,17,19,20). The molecule has 0 saturated carbocycles. The third-order valence-corrected chi connectivity index (χ3v) is 3.73. The molecule has 2 rings (SSSR count). The number of ether oxygens (including phenoxy) is 1. The molecule has 10 heteroatoms. The number of amides is 1. The van der Waals surface area contributed by atoms with Gasteiger partial charge in [-0.05, 0) is 19.6 Å². The van der Waals surface area contributed by atoms with Gasteiger partial charge in [0, 0.05) is 6.07 Å². The molecule has 0 spiro atoms. The summed E-state index contributed by atoms with van der Waals surface area (Å²) in [7, 11) is 0.